The molecule has 0 aliphatic rings. The van der Waals surface area contributed by atoms with E-state index in [1.165, 1.54) is 0 Å². The van der Waals surface area contributed by atoms with Crippen molar-refractivity contribution in [2.45, 2.75) is 25.8 Å². The van der Waals surface area contributed by atoms with Gasteiger partial charge in [-0.05, 0) is 46.5 Å². The fourth-order valence-corrected chi connectivity index (χ4v) is 2.19. The van der Waals surface area contributed by atoms with E-state index in [0.29, 0.717) is 11.5 Å². The third-order valence-electron chi connectivity index (χ3n) is 2.59. The highest BCUT2D eigenvalue weighted by molar-refractivity contribution is 9.10. The van der Waals surface area contributed by atoms with Crippen LogP contribution in [0.3, 0.4) is 0 Å². The van der Waals surface area contributed by atoms with Gasteiger partial charge in [-0.25, -0.2) is 0 Å². The van der Waals surface area contributed by atoms with Crippen molar-refractivity contribution in [1.82, 2.24) is 0 Å². The van der Waals surface area contributed by atoms with Crippen molar-refractivity contribution in [2.24, 2.45) is 5.73 Å². The number of hydrogen-bond donors (Lipinski definition) is 1. The molecule has 18 heavy (non-hydrogen) atoms. The maximum absolute atomic E-state index is 8.54. The molecule has 0 aliphatic heterocycles. The van der Waals surface area contributed by atoms with Crippen LogP contribution in [0, 0.1) is 11.3 Å². The molecule has 4 nitrogen and oxygen atoms in total. The number of nitriles is 1. The summed E-state index contributed by atoms with van der Waals surface area (Å²) in [4.78, 5) is 0. The number of hydrogen-bond acceptors (Lipinski definition) is 4. The minimum Gasteiger partial charge on any atom is -0.493 e. The van der Waals surface area contributed by atoms with Gasteiger partial charge in [-0.1, -0.05) is 6.92 Å². The van der Waals surface area contributed by atoms with Crippen LogP contribution in [0.1, 0.15) is 18.9 Å². The topological polar surface area (TPSA) is 68.3 Å². The van der Waals surface area contributed by atoms with Crippen molar-refractivity contribution < 1.29 is 9.47 Å². The Kier molecular flexibility index (Phi) is 5.96. The molecule has 0 amide bonds. The molecule has 2 N–H and O–H groups in total. The molecule has 0 radical (unpaired) electrons. The van der Waals surface area contributed by atoms with E-state index in [9.17, 15) is 0 Å². The molecule has 1 unspecified atom stereocenters. The Morgan fingerprint density at radius 2 is 2.22 bits per heavy atom. The van der Waals surface area contributed by atoms with E-state index < -0.39 is 0 Å². The van der Waals surface area contributed by atoms with Crippen molar-refractivity contribution in [3.63, 3.8) is 0 Å². The fraction of sp³-hybridized carbons (Fsp3) is 0.462. The first-order valence-electron chi connectivity index (χ1n) is 5.74. The number of nitrogens with two attached hydrogens (primary N) is 1. The first-order chi connectivity index (χ1) is 8.62. The molecule has 0 aliphatic carbocycles. The van der Waals surface area contributed by atoms with Gasteiger partial charge in [-0.2, -0.15) is 5.26 Å². The first-order valence-corrected chi connectivity index (χ1v) is 6.53. The van der Waals surface area contributed by atoms with Gasteiger partial charge < -0.3 is 15.2 Å². The quantitative estimate of drug-likeness (QED) is 0.876. The van der Waals surface area contributed by atoms with Crippen LogP contribution in [-0.2, 0) is 6.42 Å². The highest BCUT2D eigenvalue weighted by Gasteiger charge is 2.13. The molecule has 0 saturated carbocycles. The normalized spacial score (nSPS) is 11.7. The highest BCUT2D eigenvalue weighted by Crippen LogP contribution is 2.36. The van der Waals surface area contributed by atoms with Crippen LogP contribution in [0.25, 0.3) is 0 Å². The molecule has 5 heteroatoms. The van der Waals surface area contributed by atoms with Crippen molar-refractivity contribution in [1.29, 1.82) is 5.26 Å². The average Bonchev–Trinajstić information content (AvgIpc) is 2.36. The Bertz CT molecular complexity index is 443. The maximum Gasteiger partial charge on any atom is 0.176 e. The summed E-state index contributed by atoms with van der Waals surface area (Å²) in [5.74, 6) is 1.16. The zero-order valence-electron chi connectivity index (χ0n) is 10.6. The standard InChI is InChI=1S/C13H17BrN2O2/c1-3-10(16)6-9-7-11(14)13(18-5-4-15)12(8-9)17-2/h7-8,10H,3,5-6,16H2,1-2H3. The summed E-state index contributed by atoms with van der Waals surface area (Å²) in [6, 6.07) is 5.91. The van der Waals surface area contributed by atoms with Crippen LogP contribution < -0.4 is 15.2 Å². The molecule has 0 aromatic heterocycles. The van der Waals surface area contributed by atoms with Crippen molar-refractivity contribution in [2.75, 3.05) is 13.7 Å². The Hall–Kier alpha value is -1.25. The van der Waals surface area contributed by atoms with Crippen LogP contribution in [0.5, 0.6) is 11.5 Å². The van der Waals surface area contributed by atoms with Crippen LogP contribution in [-0.4, -0.2) is 19.8 Å². The molecule has 1 atom stereocenters. The Morgan fingerprint density at radius 1 is 1.50 bits per heavy atom. The molecule has 0 heterocycles. The van der Waals surface area contributed by atoms with Gasteiger partial charge in [-0.15, -0.1) is 0 Å². The molecule has 1 aromatic carbocycles. The number of halogens is 1. The molecule has 0 bridgehead atoms. The Labute approximate surface area is 116 Å². The van der Waals surface area contributed by atoms with E-state index in [1.807, 2.05) is 18.2 Å². The van der Waals surface area contributed by atoms with Gasteiger partial charge in [0.2, 0.25) is 0 Å². The van der Waals surface area contributed by atoms with Gasteiger partial charge in [-0.3, -0.25) is 0 Å². The number of rotatable bonds is 6. The van der Waals surface area contributed by atoms with E-state index in [-0.39, 0.29) is 12.6 Å². The van der Waals surface area contributed by atoms with Crippen molar-refractivity contribution in [3.8, 4) is 17.6 Å². The third-order valence-corrected chi connectivity index (χ3v) is 3.18. The van der Waals surface area contributed by atoms with Crippen molar-refractivity contribution >= 4 is 15.9 Å². The molecule has 0 spiro atoms. The maximum atomic E-state index is 8.54. The summed E-state index contributed by atoms with van der Waals surface area (Å²) < 4.78 is 11.4. The second kappa shape index (κ2) is 7.24. The number of nitrogens with zero attached hydrogens (tertiary/aromatic N) is 1. The molecule has 0 fully saturated rings. The lowest BCUT2D eigenvalue weighted by molar-refractivity contribution is 0.327. The Balaban J connectivity index is 2.99. The van der Waals surface area contributed by atoms with Gasteiger partial charge in [0.15, 0.2) is 18.1 Å². The van der Waals surface area contributed by atoms with Gasteiger partial charge in [0.1, 0.15) is 6.07 Å². The summed E-state index contributed by atoms with van der Waals surface area (Å²) in [5, 5.41) is 8.54. The van der Waals surface area contributed by atoms with E-state index >= 15 is 0 Å². The second-order valence-electron chi connectivity index (χ2n) is 3.93. The van der Waals surface area contributed by atoms with Gasteiger partial charge in [0.05, 0.1) is 11.6 Å². The summed E-state index contributed by atoms with van der Waals surface area (Å²) in [6.45, 7) is 2.05. The lowest BCUT2D eigenvalue weighted by Crippen LogP contribution is -2.21. The number of methoxy groups -OCH3 is 1. The van der Waals surface area contributed by atoms with Crippen molar-refractivity contribution in [3.05, 3.63) is 22.2 Å². The smallest absolute Gasteiger partial charge is 0.176 e. The minimum absolute atomic E-state index is 0.0111. The molecule has 0 saturated heterocycles. The molecule has 1 rings (SSSR count). The first kappa shape index (κ1) is 14.8. The van der Waals surface area contributed by atoms with Gasteiger partial charge in [0, 0.05) is 6.04 Å². The zero-order valence-corrected chi connectivity index (χ0v) is 12.2. The zero-order chi connectivity index (χ0) is 13.5. The summed E-state index contributed by atoms with van der Waals surface area (Å²) >= 11 is 3.43. The van der Waals surface area contributed by atoms with E-state index in [0.717, 1.165) is 22.9 Å². The summed E-state index contributed by atoms with van der Waals surface area (Å²) in [6.07, 6.45) is 1.70. The molecule has 98 valence electrons. The number of ether oxygens (including phenoxy) is 2. The van der Waals surface area contributed by atoms with E-state index in [1.54, 1.807) is 7.11 Å². The van der Waals surface area contributed by atoms with Gasteiger partial charge in [0.25, 0.3) is 0 Å². The van der Waals surface area contributed by atoms with E-state index in [2.05, 4.69) is 22.9 Å². The lowest BCUT2D eigenvalue weighted by atomic mass is 10.0. The lowest BCUT2D eigenvalue weighted by Gasteiger charge is -2.14. The molecular weight excluding hydrogens is 296 g/mol. The second-order valence-corrected chi connectivity index (χ2v) is 4.78. The van der Waals surface area contributed by atoms with Crippen LogP contribution in [0.2, 0.25) is 0 Å². The van der Waals surface area contributed by atoms with Crippen LogP contribution in [0.4, 0.5) is 0 Å². The summed E-state index contributed by atoms with van der Waals surface area (Å²) in [5.41, 5.74) is 7.02. The van der Waals surface area contributed by atoms with Gasteiger partial charge >= 0.3 is 0 Å². The monoisotopic (exact) mass is 312 g/mol. The predicted octanol–water partition coefficient (Wildman–Crippen LogP) is 2.64. The SMILES string of the molecule is CCC(N)Cc1cc(Br)c(OCC#N)c(OC)c1. The average molecular weight is 313 g/mol. The van der Waals surface area contributed by atoms with Crippen LogP contribution in [0.15, 0.2) is 16.6 Å². The molecular formula is C13H17BrN2O2. The minimum atomic E-state index is -0.0111. The summed E-state index contributed by atoms with van der Waals surface area (Å²) in [7, 11) is 1.57. The largest absolute Gasteiger partial charge is 0.493 e. The third kappa shape index (κ3) is 3.90. The van der Waals surface area contributed by atoms with E-state index in [4.69, 9.17) is 20.5 Å². The molecule has 1 aromatic rings. The fourth-order valence-electron chi connectivity index (χ4n) is 1.58. The number of benzene rings is 1. The highest BCUT2D eigenvalue weighted by atomic mass is 79.9. The van der Waals surface area contributed by atoms with Crippen LogP contribution >= 0.6 is 15.9 Å². The predicted molar refractivity (Wildman–Crippen MR) is 73.8 cm³/mol. The Morgan fingerprint density at radius 3 is 2.78 bits per heavy atom.